The highest BCUT2D eigenvalue weighted by atomic mass is 16.2. The number of carbonyl (C=O) groups excluding carboxylic acids is 2. The molecule has 1 spiro atoms. The quantitative estimate of drug-likeness (QED) is 0.828. The summed E-state index contributed by atoms with van der Waals surface area (Å²) in [7, 11) is 1.86. The van der Waals surface area contributed by atoms with Crippen LogP contribution in [0.25, 0.3) is 0 Å². The van der Waals surface area contributed by atoms with Gasteiger partial charge in [0.1, 0.15) is 0 Å². The van der Waals surface area contributed by atoms with Gasteiger partial charge in [0.25, 0.3) is 0 Å². The minimum Gasteiger partial charge on any atom is -0.345 e. The van der Waals surface area contributed by atoms with E-state index in [1.165, 1.54) is 5.56 Å². The van der Waals surface area contributed by atoms with Crippen molar-refractivity contribution in [3.05, 3.63) is 30.1 Å². The van der Waals surface area contributed by atoms with Crippen LogP contribution in [0.1, 0.15) is 25.8 Å². The zero-order valence-corrected chi connectivity index (χ0v) is 15.4. The largest absolute Gasteiger partial charge is 0.345 e. The third kappa shape index (κ3) is 4.00. The Balaban J connectivity index is 1.81. The number of aromatic nitrogens is 1. The second-order valence-electron chi connectivity index (χ2n) is 7.91. The maximum atomic E-state index is 12.6. The number of rotatable bonds is 3. The molecular weight excluding hydrogens is 316 g/mol. The Morgan fingerprint density at radius 2 is 2.08 bits per heavy atom. The van der Waals surface area contributed by atoms with E-state index in [4.69, 9.17) is 0 Å². The van der Waals surface area contributed by atoms with E-state index in [9.17, 15) is 9.59 Å². The predicted molar refractivity (Wildman–Crippen MR) is 95.6 cm³/mol. The Hall–Kier alpha value is -1.95. The van der Waals surface area contributed by atoms with E-state index in [1.54, 1.807) is 6.20 Å². The molecule has 1 aromatic heterocycles. The lowest BCUT2D eigenvalue weighted by atomic mass is 9.85. The van der Waals surface area contributed by atoms with Crippen molar-refractivity contribution in [3.63, 3.8) is 0 Å². The van der Waals surface area contributed by atoms with E-state index in [0.29, 0.717) is 13.0 Å². The number of carbonyl (C=O) groups is 2. The van der Waals surface area contributed by atoms with Gasteiger partial charge in [0.05, 0.1) is 0 Å². The summed E-state index contributed by atoms with van der Waals surface area (Å²) in [6.07, 6.45) is 4.19. The van der Waals surface area contributed by atoms with E-state index in [-0.39, 0.29) is 23.1 Å². The Morgan fingerprint density at radius 1 is 1.28 bits per heavy atom. The third-order valence-electron chi connectivity index (χ3n) is 5.23. The van der Waals surface area contributed by atoms with Gasteiger partial charge in [-0.3, -0.25) is 19.5 Å². The third-order valence-corrected chi connectivity index (χ3v) is 5.23. The van der Waals surface area contributed by atoms with Gasteiger partial charge < -0.3 is 9.80 Å². The Labute approximate surface area is 149 Å². The lowest BCUT2D eigenvalue weighted by Gasteiger charge is -2.34. The van der Waals surface area contributed by atoms with Crippen molar-refractivity contribution in [2.75, 3.05) is 39.8 Å². The minimum absolute atomic E-state index is 0.0169. The number of nitrogens with zero attached hydrogens (tertiary/aromatic N) is 4. The molecule has 2 fully saturated rings. The average molecular weight is 344 g/mol. The summed E-state index contributed by atoms with van der Waals surface area (Å²) in [4.78, 5) is 35.2. The molecule has 2 saturated heterocycles. The number of amides is 2. The molecule has 0 N–H and O–H groups in total. The van der Waals surface area contributed by atoms with Crippen LogP contribution in [0.3, 0.4) is 0 Å². The summed E-state index contributed by atoms with van der Waals surface area (Å²) in [5, 5.41) is 0. The van der Waals surface area contributed by atoms with Crippen LogP contribution in [0.4, 0.5) is 0 Å². The molecule has 136 valence electrons. The SMILES string of the molecule is CC(C)C(=O)N1CCN(Cc2cccnc2)C[C@@]2(CC(=O)N(C)C2)C1. The van der Waals surface area contributed by atoms with Crippen molar-refractivity contribution in [2.45, 2.75) is 26.8 Å². The molecule has 6 nitrogen and oxygen atoms in total. The first-order chi connectivity index (χ1) is 11.9. The van der Waals surface area contributed by atoms with Crippen LogP contribution in [-0.4, -0.2) is 71.3 Å². The summed E-state index contributed by atoms with van der Waals surface area (Å²) in [6.45, 7) is 8.46. The smallest absolute Gasteiger partial charge is 0.225 e. The van der Waals surface area contributed by atoms with E-state index in [2.05, 4.69) is 16.0 Å². The molecule has 2 aliphatic heterocycles. The maximum absolute atomic E-state index is 12.6. The molecule has 1 atom stereocenters. The van der Waals surface area contributed by atoms with Gasteiger partial charge in [-0.1, -0.05) is 19.9 Å². The van der Waals surface area contributed by atoms with Crippen LogP contribution in [0, 0.1) is 11.3 Å². The highest BCUT2D eigenvalue weighted by Crippen LogP contribution is 2.35. The zero-order chi connectivity index (χ0) is 18.0. The van der Waals surface area contributed by atoms with Crippen molar-refractivity contribution in [1.29, 1.82) is 0 Å². The monoisotopic (exact) mass is 344 g/mol. The first kappa shape index (κ1) is 17.9. The lowest BCUT2D eigenvalue weighted by Crippen LogP contribution is -2.45. The molecule has 1 aromatic rings. The molecule has 2 aliphatic rings. The minimum atomic E-state index is -0.172. The normalized spacial score (nSPS) is 25.0. The summed E-state index contributed by atoms with van der Waals surface area (Å²) in [5.74, 6) is 0.349. The number of hydrogen-bond donors (Lipinski definition) is 0. The van der Waals surface area contributed by atoms with Gasteiger partial charge in [-0.2, -0.15) is 0 Å². The van der Waals surface area contributed by atoms with Crippen LogP contribution in [0.2, 0.25) is 0 Å². The number of likely N-dealkylation sites (tertiary alicyclic amines) is 1. The van der Waals surface area contributed by atoms with Gasteiger partial charge in [-0.15, -0.1) is 0 Å². The molecule has 0 unspecified atom stereocenters. The summed E-state index contributed by atoms with van der Waals surface area (Å²) in [6, 6.07) is 4.03. The summed E-state index contributed by atoms with van der Waals surface area (Å²) >= 11 is 0. The summed E-state index contributed by atoms with van der Waals surface area (Å²) in [5.41, 5.74) is 0.994. The van der Waals surface area contributed by atoms with Gasteiger partial charge in [-0.25, -0.2) is 0 Å². The fourth-order valence-corrected chi connectivity index (χ4v) is 4.10. The second-order valence-corrected chi connectivity index (χ2v) is 7.91. The van der Waals surface area contributed by atoms with Crippen LogP contribution in [0.15, 0.2) is 24.5 Å². The molecule has 0 radical (unpaired) electrons. The number of pyridine rings is 1. The van der Waals surface area contributed by atoms with Crippen LogP contribution in [-0.2, 0) is 16.1 Å². The zero-order valence-electron chi connectivity index (χ0n) is 15.4. The Kier molecular flexibility index (Phi) is 5.08. The maximum Gasteiger partial charge on any atom is 0.225 e. The van der Waals surface area contributed by atoms with Crippen LogP contribution >= 0.6 is 0 Å². The molecule has 0 aliphatic carbocycles. The van der Waals surface area contributed by atoms with E-state index >= 15 is 0 Å². The van der Waals surface area contributed by atoms with Crippen molar-refractivity contribution in [3.8, 4) is 0 Å². The molecule has 0 saturated carbocycles. The first-order valence-electron chi connectivity index (χ1n) is 9.03. The molecule has 0 aromatic carbocycles. The molecule has 0 bridgehead atoms. The summed E-state index contributed by atoms with van der Waals surface area (Å²) < 4.78 is 0. The molecule has 2 amide bonds. The predicted octanol–water partition coefficient (Wildman–Crippen LogP) is 1.23. The van der Waals surface area contributed by atoms with Crippen molar-refractivity contribution in [1.82, 2.24) is 19.7 Å². The molecule has 3 rings (SSSR count). The average Bonchev–Trinajstić information content (AvgIpc) is 2.74. The highest BCUT2D eigenvalue weighted by molar-refractivity contribution is 5.80. The molecule has 25 heavy (non-hydrogen) atoms. The van der Waals surface area contributed by atoms with E-state index in [1.807, 2.05) is 43.0 Å². The van der Waals surface area contributed by atoms with Gasteiger partial charge in [0, 0.05) is 76.5 Å². The Bertz CT molecular complexity index is 634. The standard InChI is InChI=1S/C19H28N4O2/c1-15(2)18(25)23-8-7-22(11-16-5-4-6-20-10-16)13-19(14-23)9-17(24)21(3)12-19/h4-6,10,15H,7-9,11-14H2,1-3H3/t19-/m0/s1. The van der Waals surface area contributed by atoms with Crippen molar-refractivity contribution < 1.29 is 9.59 Å². The van der Waals surface area contributed by atoms with E-state index < -0.39 is 0 Å². The molecule has 3 heterocycles. The number of hydrogen-bond acceptors (Lipinski definition) is 4. The highest BCUT2D eigenvalue weighted by Gasteiger charge is 2.46. The fourth-order valence-electron chi connectivity index (χ4n) is 4.10. The lowest BCUT2D eigenvalue weighted by molar-refractivity contribution is -0.135. The molecular formula is C19H28N4O2. The first-order valence-corrected chi connectivity index (χ1v) is 9.03. The van der Waals surface area contributed by atoms with Crippen LogP contribution in [0.5, 0.6) is 0 Å². The van der Waals surface area contributed by atoms with E-state index in [0.717, 1.165) is 32.7 Å². The van der Waals surface area contributed by atoms with Crippen molar-refractivity contribution >= 4 is 11.8 Å². The van der Waals surface area contributed by atoms with Gasteiger partial charge >= 0.3 is 0 Å². The van der Waals surface area contributed by atoms with Crippen molar-refractivity contribution in [2.24, 2.45) is 11.3 Å². The van der Waals surface area contributed by atoms with Crippen LogP contribution < -0.4 is 0 Å². The van der Waals surface area contributed by atoms with Gasteiger partial charge in [0.15, 0.2) is 0 Å². The molecule has 6 heteroatoms. The van der Waals surface area contributed by atoms with Gasteiger partial charge in [-0.05, 0) is 11.6 Å². The second kappa shape index (κ2) is 7.12. The fraction of sp³-hybridized carbons (Fsp3) is 0.632. The Morgan fingerprint density at radius 3 is 2.68 bits per heavy atom. The van der Waals surface area contributed by atoms with Gasteiger partial charge in [0.2, 0.25) is 11.8 Å². The topological polar surface area (TPSA) is 56.8 Å².